The first-order valence-electron chi connectivity index (χ1n) is 8.46. The number of hydrazone groups is 1. The highest BCUT2D eigenvalue weighted by atomic mass is 16.4. The summed E-state index contributed by atoms with van der Waals surface area (Å²) >= 11 is 0. The number of hydrogen-bond acceptors (Lipinski definition) is 5. The molecule has 1 radical (unpaired) electrons. The largest absolute Gasteiger partial charge is 0.489 e. The minimum Gasteiger partial charge on any atom is -0.423 e. The Labute approximate surface area is 150 Å². The van der Waals surface area contributed by atoms with Crippen LogP contribution in [0.25, 0.3) is 0 Å². The van der Waals surface area contributed by atoms with Crippen LogP contribution in [0.2, 0.25) is 0 Å². The smallest absolute Gasteiger partial charge is 0.423 e. The Kier molecular flexibility index (Phi) is 8.78. The molecule has 0 heterocycles. The summed E-state index contributed by atoms with van der Waals surface area (Å²) in [4.78, 5) is 12.5. The van der Waals surface area contributed by atoms with Gasteiger partial charge in [-0.25, -0.2) is 10.0 Å². The number of carbonyl (C=O) groups excluding carboxylic acids is 1. The number of nitrogens with one attached hydrogen (secondary N) is 1. The van der Waals surface area contributed by atoms with Gasteiger partial charge in [0.1, 0.15) is 0 Å². The monoisotopic (exact) mass is 347 g/mol. The lowest BCUT2D eigenvalue weighted by Gasteiger charge is -2.23. The van der Waals surface area contributed by atoms with Crippen molar-refractivity contribution in [2.45, 2.75) is 27.7 Å². The second-order valence-electron chi connectivity index (χ2n) is 6.89. The van der Waals surface area contributed by atoms with E-state index < -0.39 is 7.12 Å². The molecule has 0 unspecified atom stereocenters. The van der Waals surface area contributed by atoms with E-state index in [1.165, 1.54) is 16.2 Å². The van der Waals surface area contributed by atoms with Gasteiger partial charge in [-0.15, -0.1) is 0 Å². The molecule has 0 bridgehead atoms. The molecule has 0 saturated carbocycles. The number of nitrogens with zero attached hydrogens (tertiary/aromatic N) is 3. The first kappa shape index (κ1) is 21.3. The molecule has 25 heavy (non-hydrogen) atoms. The van der Waals surface area contributed by atoms with E-state index in [4.69, 9.17) is 5.84 Å². The molecule has 0 aliphatic rings. The molecule has 0 aromatic heterocycles. The average Bonchev–Trinajstić information content (AvgIpc) is 2.50. The third kappa shape index (κ3) is 7.79. The lowest BCUT2D eigenvalue weighted by Crippen LogP contribution is -2.40. The molecule has 0 saturated heterocycles. The predicted molar refractivity (Wildman–Crippen MR) is 99.9 cm³/mol. The van der Waals surface area contributed by atoms with Gasteiger partial charge >= 0.3 is 7.12 Å². The third-order valence-electron chi connectivity index (χ3n) is 3.35. The van der Waals surface area contributed by atoms with Crippen LogP contribution in [0.15, 0.2) is 29.4 Å². The van der Waals surface area contributed by atoms with Gasteiger partial charge in [0.2, 0.25) is 0 Å². The molecule has 1 aromatic rings. The van der Waals surface area contributed by atoms with Gasteiger partial charge in [-0.05, 0) is 22.9 Å². The van der Waals surface area contributed by atoms with E-state index in [0.717, 1.165) is 0 Å². The minimum absolute atomic E-state index is 0.0352. The summed E-state index contributed by atoms with van der Waals surface area (Å²) in [5.41, 5.74) is 0.856. The second-order valence-corrected chi connectivity index (χ2v) is 6.89. The van der Waals surface area contributed by atoms with Crippen molar-refractivity contribution in [2.75, 3.05) is 19.6 Å². The standard InChI is InChI=1S/C17H28BN4O3/c1-13(2)10-21(19)12-17(23)22(11-14(3)4)20-9-15-7-5-6-8-16(15)18(24)25/h5-9,13-14,19,24-25H,10-12H2,1-4H3/b20-9+. The zero-order valence-corrected chi connectivity index (χ0v) is 15.4. The maximum Gasteiger partial charge on any atom is 0.489 e. The Morgan fingerprint density at radius 3 is 2.36 bits per heavy atom. The van der Waals surface area contributed by atoms with Crippen LogP contribution >= 0.6 is 0 Å². The number of hydrogen-bond donors (Lipinski definition) is 2. The Bertz CT molecular complexity index is 579. The van der Waals surface area contributed by atoms with Crippen molar-refractivity contribution in [3.05, 3.63) is 29.8 Å². The summed E-state index contributed by atoms with van der Waals surface area (Å²) in [6, 6.07) is 6.75. The number of amides is 1. The predicted octanol–water partition coefficient (Wildman–Crippen LogP) is 0.341. The minimum atomic E-state index is -1.60. The molecule has 0 spiro atoms. The van der Waals surface area contributed by atoms with Crippen LogP contribution in [-0.2, 0) is 4.79 Å². The van der Waals surface area contributed by atoms with E-state index in [0.29, 0.717) is 30.0 Å². The van der Waals surface area contributed by atoms with Crippen LogP contribution < -0.4 is 11.3 Å². The van der Waals surface area contributed by atoms with Crippen LogP contribution in [0, 0.1) is 11.8 Å². The van der Waals surface area contributed by atoms with Gasteiger partial charge in [0.05, 0.1) is 12.8 Å². The van der Waals surface area contributed by atoms with Crippen molar-refractivity contribution in [1.82, 2.24) is 15.9 Å². The van der Waals surface area contributed by atoms with Crippen molar-refractivity contribution in [3.8, 4) is 0 Å². The molecule has 3 N–H and O–H groups in total. The summed E-state index contributed by atoms with van der Waals surface area (Å²) in [6.07, 6.45) is 1.45. The van der Waals surface area contributed by atoms with Gasteiger partial charge in [-0.3, -0.25) is 4.79 Å². The van der Waals surface area contributed by atoms with E-state index in [9.17, 15) is 14.8 Å². The molecular weight excluding hydrogens is 319 g/mol. The van der Waals surface area contributed by atoms with E-state index in [2.05, 4.69) is 5.10 Å². The maximum atomic E-state index is 12.5. The van der Waals surface area contributed by atoms with Crippen LogP contribution in [0.3, 0.4) is 0 Å². The van der Waals surface area contributed by atoms with Gasteiger partial charge < -0.3 is 10.0 Å². The first-order chi connectivity index (χ1) is 11.7. The number of carbonyl (C=O) groups is 1. The Balaban J connectivity index is 2.90. The third-order valence-corrected chi connectivity index (χ3v) is 3.35. The lowest BCUT2D eigenvalue weighted by atomic mass is 9.77. The van der Waals surface area contributed by atoms with Crippen molar-refractivity contribution in [3.63, 3.8) is 0 Å². The first-order valence-corrected chi connectivity index (χ1v) is 8.46. The van der Waals surface area contributed by atoms with Crippen molar-refractivity contribution < 1.29 is 14.8 Å². The maximum absolute atomic E-state index is 12.5. The van der Waals surface area contributed by atoms with Crippen molar-refractivity contribution in [2.24, 2.45) is 16.9 Å². The van der Waals surface area contributed by atoms with Gasteiger partial charge in [0.25, 0.3) is 5.91 Å². The molecule has 1 amide bonds. The zero-order valence-electron chi connectivity index (χ0n) is 15.4. The molecule has 137 valence electrons. The zero-order chi connectivity index (χ0) is 19.0. The fraction of sp³-hybridized carbons (Fsp3) is 0.529. The van der Waals surface area contributed by atoms with E-state index in [1.807, 2.05) is 27.7 Å². The molecule has 0 atom stereocenters. The summed E-state index contributed by atoms with van der Waals surface area (Å²) in [6.45, 7) is 8.84. The topological polar surface area (TPSA) is 100 Å². The molecule has 0 aliphatic heterocycles. The highest BCUT2D eigenvalue weighted by molar-refractivity contribution is 6.60. The quantitative estimate of drug-likeness (QED) is 0.382. The molecule has 0 aliphatic carbocycles. The van der Waals surface area contributed by atoms with Gasteiger partial charge in [-0.2, -0.15) is 10.9 Å². The Morgan fingerprint density at radius 2 is 1.80 bits per heavy atom. The molecular formula is C17H28BN4O3. The highest BCUT2D eigenvalue weighted by Gasteiger charge is 2.18. The summed E-state index contributed by atoms with van der Waals surface area (Å²) < 4.78 is 0. The fourth-order valence-electron chi connectivity index (χ4n) is 2.30. The van der Waals surface area contributed by atoms with Crippen molar-refractivity contribution in [1.29, 1.82) is 0 Å². The van der Waals surface area contributed by atoms with Crippen LogP contribution in [0.5, 0.6) is 0 Å². The van der Waals surface area contributed by atoms with Gasteiger partial charge in [0, 0.05) is 13.1 Å². The molecule has 0 fully saturated rings. The Morgan fingerprint density at radius 1 is 1.20 bits per heavy atom. The molecule has 1 aromatic carbocycles. The Hall–Kier alpha value is -1.74. The SMILES string of the molecule is CC(C)CN([NH])CC(=O)N(CC(C)C)/N=C/c1ccccc1B(O)O. The van der Waals surface area contributed by atoms with E-state index in [1.54, 1.807) is 24.3 Å². The fourth-order valence-corrected chi connectivity index (χ4v) is 2.30. The molecule has 7 nitrogen and oxygen atoms in total. The van der Waals surface area contributed by atoms with Crippen LogP contribution in [0.1, 0.15) is 33.3 Å². The van der Waals surface area contributed by atoms with Gasteiger partial charge in [-0.1, -0.05) is 52.0 Å². The van der Waals surface area contributed by atoms with Gasteiger partial charge in [0.15, 0.2) is 0 Å². The average molecular weight is 347 g/mol. The molecule has 1 rings (SSSR count). The summed E-state index contributed by atoms with van der Waals surface area (Å²) in [5, 5.41) is 25.6. The lowest BCUT2D eigenvalue weighted by molar-refractivity contribution is -0.133. The summed E-state index contributed by atoms with van der Waals surface area (Å²) in [7, 11) is -1.60. The van der Waals surface area contributed by atoms with E-state index >= 15 is 0 Å². The number of rotatable bonds is 9. The highest BCUT2D eigenvalue weighted by Crippen LogP contribution is 2.04. The van der Waals surface area contributed by atoms with E-state index in [-0.39, 0.29) is 18.4 Å². The number of benzene rings is 1. The van der Waals surface area contributed by atoms with Crippen LogP contribution in [-0.4, -0.2) is 58.9 Å². The summed E-state index contributed by atoms with van der Waals surface area (Å²) in [5.74, 6) is 8.11. The molecule has 8 heteroatoms. The second kappa shape index (κ2) is 10.3. The normalized spacial score (nSPS) is 11.8. The van der Waals surface area contributed by atoms with Crippen LogP contribution in [0.4, 0.5) is 0 Å². The van der Waals surface area contributed by atoms with Crippen molar-refractivity contribution >= 4 is 24.7 Å².